The summed E-state index contributed by atoms with van der Waals surface area (Å²) in [6.45, 7) is 15.2. The SMILES string of the molecule is CC1CCC(=O)c2cn[nH]c21.CC1CCC2=C(C=NC2)C1=O.CC1CCc2[nH]ncc2C1=O.COc1ccc(Cn2cc3c(n2)C(C)CCC3=O)cc1.COc1ccc(Cn2cc3c(n2)CCC(C)C3=O)cc1.COc1ccc(Cn2ncc3c2C(C)CCC3=O)cc1. The second-order valence-electron chi connectivity index (χ2n) is 25.4. The minimum atomic E-state index is 0.126. The van der Waals surface area contributed by atoms with E-state index in [1.165, 1.54) is 5.57 Å². The minimum Gasteiger partial charge on any atom is -0.497 e. The number of rotatable bonds is 9. The zero-order chi connectivity index (χ0) is 65.9. The number of nitrogens with zero attached hydrogens (tertiary/aromatic N) is 9. The van der Waals surface area contributed by atoms with Crippen molar-refractivity contribution in [1.82, 2.24) is 49.7 Å². The Labute approximate surface area is 543 Å². The van der Waals surface area contributed by atoms with Gasteiger partial charge in [-0.15, -0.1) is 0 Å². The van der Waals surface area contributed by atoms with Crippen LogP contribution in [0, 0.1) is 17.8 Å². The van der Waals surface area contributed by atoms with Gasteiger partial charge in [0, 0.05) is 78.5 Å². The quantitative estimate of drug-likeness (QED) is 0.136. The van der Waals surface area contributed by atoms with Crippen LogP contribution >= 0.6 is 0 Å². The first kappa shape index (κ1) is 66.5. The van der Waals surface area contributed by atoms with E-state index in [2.05, 4.69) is 61.5 Å². The van der Waals surface area contributed by atoms with Crippen molar-refractivity contribution in [3.63, 3.8) is 0 Å². The van der Waals surface area contributed by atoms with E-state index in [1.807, 2.05) is 120 Å². The summed E-state index contributed by atoms with van der Waals surface area (Å²) in [6, 6.07) is 23.8. The van der Waals surface area contributed by atoms with Gasteiger partial charge in [-0.25, -0.2) is 0 Å². The van der Waals surface area contributed by atoms with Gasteiger partial charge in [0.1, 0.15) is 17.2 Å². The predicted molar refractivity (Wildman–Crippen MR) is 354 cm³/mol. The number of aryl methyl sites for hydroxylation is 2. The van der Waals surface area contributed by atoms with Gasteiger partial charge in [-0.1, -0.05) is 77.9 Å². The van der Waals surface area contributed by atoms with Crippen molar-refractivity contribution in [3.8, 4) is 17.2 Å². The summed E-state index contributed by atoms with van der Waals surface area (Å²) in [5, 5.41) is 26.9. The van der Waals surface area contributed by atoms with Gasteiger partial charge in [-0.05, 0) is 128 Å². The molecular weight excluding hydrogens is 1170 g/mol. The Kier molecular flexibility index (Phi) is 21.7. The molecule has 0 bridgehead atoms. The monoisotopic (exact) mass is 1260 g/mol. The number of ether oxygens (including phenoxy) is 3. The molecule has 20 heteroatoms. The van der Waals surface area contributed by atoms with Crippen LogP contribution in [-0.4, -0.2) is 119 Å². The van der Waals surface area contributed by atoms with Crippen LogP contribution in [0.15, 0.2) is 120 Å². The van der Waals surface area contributed by atoms with Gasteiger partial charge in [0.2, 0.25) is 0 Å². The van der Waals surface area contributed by atoms with Crippen LogP contribution in [0.4, 0.5) is 0 Å². The Morgan fingerprint density at radius 2 is 0.946 bits per heavy atom. The van der Waals surface area contributed by atoms with Crippen LogP contribution in [-0.2, 0) is 37.3 Å². The Morgan fingerprint density at radius 3 is 1.55 bits per heavy atom. The second kappa shape index (κ2) is 30.3. The van der Waals surface area contributed by atoms with E-state index in [-0.39, 0.29) is 46.7 Å². The number of aliphatic imine (C=N–C) groups is 1. The maximum absolute atomic E-state index is 12.1. The molecule has 486 valence electrons. The first-order chi connectivity index (χ1) is 44.9. The van der Waals surface area contributed by atoms with Crippen molar-refractivity contribution >= 4 is 40.9 Å². The van der Waals surface area contributed by atoms with Crippen molar-refractivity contribution in [2.24, 2.45) is 22.7 Å². The van der Waals surface area contributed by atoms with Gasteiger partial charge in [-0.3, -0.25) is 58.0 Å². The average molecular weight is 1260 g/mol. The van der Waals surface area contributed by atoms with Gasteiger partial charge in [0.05, 0.1) is 111 Å². The summed E-state index contributed by atoms with van der Waals surface area (Å²) in [5.74, 6) is 5.73. The van der Waals surface area contributed by atoms with Crippen molar-refractivity contribution < 1.29 is 43.0 Å². The van der Waals surface area contributed by atoms with E-state index in [4.69, 9.17) is 14.2 Å². The molecule has 2 N–H and O–H groups in total. The third-order valence-electron chi connectivity index (χ3n) is 18.7. The van der Waals surface area contributed by atoms with Crippen LogP contribution < -0.4 is 14.2 Å². The van der Waals surface area contributed by atoms with Gasteiger partial charge < -0.3 is 14.2 Å². The molecule has 15 rings (SSSR count). The Balaban J connectivity index is 0.000000125. The maximum atomic E-state index is 12.1. The van der Waals surface area contributed by atoms with Gasteiger partial charge >= 0.3 is 0 Å². The molecule has 0 amide bonds. The molecule has 0 fully saturated rings. The largest absolute Gasteiger partial charge is 0.497 e. The number of H-pyrrole nitrogens is 2. The summed E-state index contributed by atoms with van der Waals surface area (Å²) < 4.78 is 21.1. The highest BCUT2D eigenvalue weighted by molar-refractivity contribution is 6.16. The van der Waals surface area contributed by atoms with Crippen molar-refractivity contribution in [3.05, 3.63) is 188 Å². The first-order valence-electron chi connectivity index (χ1n) is 32.5. The molecule has 6 aliphatic carbocycles. The molecule has 5 aromatic heterocycles. The van der Waals surface area contributed by atoms with Gasteiger partial charge in [-0.2, -0.15) is 25.5 Å². The van der Waals surface area contributed by atoms with Crippen LogP contribution in [0.5, 0.6) is 17.2 Å². The van der Waals surface area contributed by atoms with Crippen LogP contribution in [0.25, 0.3) is 0 Å². The number of Topliss-reactive ketones (excluding diaryl/α,β-unsaturated/α-hetero) is 6. The Hall–Kier alpha value is -9.46. The average Bonchev–Trinajstić information content (AvgIpc) is 1.73. The molecule has 6 heterocycles. The summed E-state index contributed by atoms with van der Waals surface area (Å²) in [5.41, 5.74) is 14.6. The Bertz CT molecular complexity index is 4020. The van der Waals surface area contributed by atoms with Crippen molar-refractivity contribution in [2.75, 3.05) is 27.9 Å². The number of hydrogen-bond donors (Lipinski definition) is 2. The summed E-state index contributed by atoms with van der Waals surface area (Å²) in [6.07, 6.45) is 21.0. The normalized spacial score (nSPS) is 20.6. The van der Waals surface area contributed by atoms with Gasteiger partial charge in [0.15, 0.2) is 34.7 Å². The minimum absolute atomic E-state index is 0.126. The zero-order valence-corrected chi connectivity index (χ0v) is 54.9. The summed E-state index contributed by atoms with van der Waals surface area (Å²) in [7, 11) is 4.97. The van der Waals surface area contributed by atoms with Crippen molar-refractivity contribution in [2.45, 2.75) is 156 Å². The van der Waals surface area contributed by atoms with Gasteiger partial charge in [0.25, 0.3) is 0 Å². The number of benzene rings is 3. The molecule has 7 aliphatic rings. The first-order valence-corrected chi connectivity index (χ1v) is 32.5. The number of nitrogens with one attached hydrogen (secondary N) is 2. The number of aromatic nitrogens is 10. The van der Waals surface area contributed by atoms with E-state index >= 15 is 0 Å². The zero-order valence-electron chi connectivity index (χ0n) is 54.9. The lowest BCUT2D eigenvalue weighted by molar-refractivity contribution is -0.118. The van der Waals surface area contributed by atoms with Crippen LogP contribution in [0.3, 0.4) is 0 Å². The maximum Gasteiger partial charge on any atom is 0.169 e. The lowest BCUT2D eigenvalue weighted by Gasteiger charge is -2.20. The number of methoxy groups -OCH3 is 3. The van der Waals surface area contributed by atoms with E-state index in [9.17, 15) is 28.8 Å². The number of fused-ring (bicyclic) bond motifs is 5. The van der Waals surface area contributed by atoms with Crippen LogP contribution in [0.2, 0.25) is 0 Å². The van der Waals surface area contributed by atoms with E-state index in [0.717, 1.165) is 160 Å². The highest BCUT2D eigenvalue weighted by Crippen LogP contribution is 2.34. The van der Waals surface area contributed by atoms with E-state index in [0.29, 0.717) is 62.4 Å². The summed E-state index contributed by atoms with van der Waals surface area (Å²) in [4.78, 5) is 74.1. The topological polar surface area (TPSA) is 253 Å². The molecule has 3 aromatic carbocycles. The standard InChI is InChI=1S/3C16H18N2O2.C9H11NO.2C8H10N2O/c1-11-3-8-15(19)14-9-17-18(16(11)14)10-12-4-6-13(20-2)7-5-12;1-11-3-8-15(19)14-10-18(17-16(11)14)9-12-4-6-13(20-2)7-5-12;1-11-3-8-15-14(16(11)19)10-18(17-15)9-12-4-6-13(20-2)7-5-12;1-6-2-3-7-4-10-5-8(7)9(6)11;1-5-2-3-7(11)6-4-9-10-8(5)6;1-5-2-3-7-6(8(5)11)4-9-10-7/h4-7,9,11H,3,8,10H2,1-2H3;2*4-7,10-11H,3,8-9H2,1-2H3;5-6H,2-4H2,1H3;2*4-5H,2-3H2,1H3,(H,9,10). The van der Waals surface area contributed by atoms with E-state index in [1.54, 1.807) is 46.1 Å². The molecule has 0 radical (unpaired) electrons. The highest BCUT2D eigenvalue weighted by Gasteiger charge is 2.31. The molecule has 0 spiro atoms. The fourth-order valence-corrected chi connectivity index (χ4v) is 12.7. The molecule has 0 saturated heterocycles. The fourth-order valence-electron chi connectivity index (χ4n) is 12.7. The predicted octanol–water partition coefficient (Wildman–Crippen LogP) is 12.8. The molecule has 1 aliphatic heterocycles. The third-order valence-corrected chi connectivity index (χ3v) is 18.7. The molecule has 20 nitrogen and oxygen atoms in total. The summed E-state index contributed by atoms with van der Waals surface area (Å²) >= 11 is 0. The smallest absolute Gasteiger partial charge is 0.169 e. The number of carbonyl (C=O) groups excluding carboxylic acids is 6. The highest BCUT2D eigenvalue weighted by atomic mass is 16.5. The molecule has 6 atom stereocenters. The number of hydrogen-bond acceptors (Lipinski definition) is 15. The lowest BCUT2D eigenvalue weighted by Crippen LogP contribution is -2.19. The van der Waals surface area contributed by atoms with Crippen molar-refractivity contribution in [1.29, 1.82) is 0 Å². The second-order valence-corrected chi connectivity index (χ2v) is 25.4. The number of carbonyl (C=O) groups is 6. The molecule has 8 aromatic rings. The number of allylic oxidation sites excluding steroid dienone is 1. The molecular formula is C73H85N11O9. The molecule has 93 heavy (non-hydrogen) atoms. The molecule has 6 unspecified atom stereocenters. The fraction of sp³-hybridized carbons (Fsp3) is 0.425. The Morgan fingerprint density at radius 1 is 0.462 bits per heavy atom. The number of ketones is 6. The third kappa shape index (κ3) is 15.9. The number of aromatic amines is 2. The lowest BCUT2D eigenvalue weighted by atomic mass is 9.85. The van der Waals surface area contributed by atoms with Crippen LogP contribution in [0.1, 0.15) is 220 Å². The van der Waals surface area contributed by atoms with E-state index < -0.39 is 0 Å². The molecule has 0 saturated carbocycles.